The van der Waals surface area contributed by atoms with E-state index in [4.69, 9.17) is 28.6 Å². The molecule has 2 aromatic rings. The molecule has 2 fully saturated rings. The number of morpholine rings is 1. The first-order valence-corrected chi connectivity index (χ1v) is 11.0. The van der Waals surface area contributed by atoms with E-state index in [9.17, 15) is 4.39 Å². The van der Waals surface area contributed by atoms with Crippen LogP contribution in [0.15, 0.2) is 30.3 Å². The Balaban J connectivity index is 1.41. The Morgan fingerprint density at radius 3 is 2.57 bits per heavy atom. The van der Waals surface area contributed by atoms with Crippen molar-refractivity contribution in [2.45, 2.75) is 31.1 Å². The predicted molar refractivity (Wildman–Crippen MR) is 121 cm³/mol. The van der Waals surface area contributed by atoms with Crippen LogP contribution in [0.4, 0.5) is 16.2 Å². The summed E-state index contributed by atoms with van der Waals surface area (Å²) < 4.78 is 18.8. The summed E-state index contributed by atoms with van der Waals surface area (Å²) in [5, 5.41) is 7.18. The first-order chi connectivity index (χ1) is 14.5. The van der Waals surface area contributed by atoms with Gasteiger partial charge in [-0.15, -0.1) is 0 Å². The van der Waals surface area contributed by atoms with Gasteiger partial charge in [0.25, 0.3) is 0 Å². The summed E-state index contributed by atoms with van der Waals surface area (Å²) in [6.45, 7) is 3.51. The number of nitrogens with zero attached hydrogens (tertiary/aromatic N) is 3. The van der Waals surface area contributed by atoms with Crippen LogP contribution in [-0.4, -0.2) is 47.9 Å². The van der Waals surface area contributed by atoms with Gasteiger partial charge in [-0.3, -0.25) is 0 Å². The Morgan fingerprint density at radius 1 is 1.17 bits per heavy atom. The van der Waals surface area contributed by atoms with Gasteiger partial charge in [-0.2, -0.15) is 4.98 Å². The number of hydrogen-bond donors (Lipinski definition) is 2. The van der Waals surface area contributed by atoms with Crippen LogP contribution in [0.25, 0.3) is 0 Å². The lowest BCUT2D eigenvalue weighted by molar-refractivity contribution is 0.122. The molecule has 0 spiro atoms. The fourth-order valence-corrected chi connectivity index (χ4v) is 4.58. The lowest BCUT2D eigenvalue weighted by Gasteiger charge is -2.30. The van der Waals surface area contributed by atoms with Crippen molar-refractivity contribution in [1.29, 1.82) is 0 Å². The fraction of sp³-hybridized carbons (Fsp3) is 0.476. The molecule has 0 amide bonds. The highest BCUT2D eigenvalue weighted by Gasteiger charge is 2.35. The van der Waals surface area contributed by atoms with Gasteiger partial charge >= 0.3 is 0 Å². The SMILES string of the molecule is Fc1ccc(C2(CNC(=S)Nc3nc(Cl)cc(N4CCOCC4)n3)CCCC2)cc1. The molecule has 30 heavy (non-hydrogen) atoms. The second kappa shape index (κ2) is 9.41. The summed E-state index contributed by atoms with van der Waals surface area (Å²) >= 11 is 11.7. The molecule has 2 heterocycles. The third kappa shape index (κ3) is 4.99. The summed E-state index contributed by atoms with van der Waals surface area (Å²) in [6, 6.07) is 8.56. The zero-order valence-electron chi connectivity index (χ0n) is 16.7. The first-order valence-electron chi connectivity index (χ1n) is 10.2. The van der Waals surface area contributed by atoms with Gasteiger partial charge in [0.2, 0.25) is 5.95 Å². The van der Waals surface area contributed by atoms with E-state index in [0.717, 1.165) is 50.2 Å². The minimum atomic E-state index is -0.216. The second-order valence-electron chi connectivity index (χ2n) is 7.77. The molecule has 1 aliphatic carbocycles. The van der Waals surface area contributed by atoms with E-state index in [1.165, 1.54) is 12.1 Å². The van der Waals surface area contributed by atoms with Crippen molar-refractivity contribution in [1.82, 2.24) is 15.3 Å². The van der Waals surface area contributed by atoms with Gasteiger partial charge < -0.3 is 20.3 Å². The van der Waals surface area contributed by atoms with Crippen molar-refractivity contribution in [3.05, 3.63) is 46.9 Å². The van der Waals surface area contributed by atoms with Crippen LogP contribution >= 0.6 is 23.8 Å². The van der Waals surface area contributed by atoms with Gasteiger partial charge in [0.05, 0.1) is 13.2 Å². The number of halogens is 2. The molecule has 6 nitrogen and oxygen atoms in total. The molecular formula is C21H25ClFN5OS. The van der Waals surface area contributed by atoms with E-state index in [1.807, 2.05) is 12.1 Å². The van der Waals surface area contributed by atoms with Crippen molar-refractivity contribution in [2.24, 2.45) is 0 Å². The van der Waals surface area contributed by atoms with Crippen molar-refractivity contribution in [2.75, 3.05) is 43.1 Å². The first kappa shape index (κ1) is 21.2. The van der Waals surface area contributed by atoms with Gasteiger partial charge in [0.15, 0.2) is 5.11 Å². The van der Waals surface area contributed by atoms with Crippen LogP contribution in [0.1, 0.15) is 31.2 Å². The van der Waals surface area contributed by atoms with E-state index in [1.54, 1.807) is 6.07 Å². The van der Waals surface area contributed by atoms with E-state index >= 15 is 0 Å². The molecule has 1 saturated carbocycles. The third-order valence-corrected chi connectivity index (χ3v) is 6.29. The predicted octanol–water partition coefficient (Wildman–Crippen LogP) is 3.90. The number of rotatable bonds is 5. The summed E-state index contributed by atoms with van der Waals surface area (Å²) in [7, 11) is 0. The third-order valence-electron chi connectivity index (χ3n) is 5.85. The highest BCUT2D eigenvalue weighted by Crippen LogP contribution is 2.40. The maximum atomic E-state index is 13.4. The second-order valence-corrected chi connectivity index (χ2v) is 8.57. The van der Waals surface area contributed by atoms with E-state index in [0.29, 0.717) is 36.0 Å². The molecule has 1 aromatic carbocycles. The van der Waals surface area contributed by atoms with Crippen molar-refractivity contribution < 1.29 is 9.13 Å². The van der Waals surface area contributed by atoms with Crippen LogP contribution in [-0.2, 0) is 10.2 Å². The summed E-state index contributed by atoms with van der Waals surface area (Å²) in [4.78, 5) is 10.9. The highest BCUT2D eigenvalue weighted by atomic mass is 35.5. The fourth-order valence-electron chi connectivity index (χ4n) is 4.23. The summed E-state index contributed by atoms with van der Waals surface area (Å²) in [5.41, 5.74) is 1.10. The Morgan fingerprint density at radius 2 is 1.87 bits per heavy atom. The molecule has 9 heteroatoms. The zero-order valence-corrected chi connectivity index (χ0v) is 18.2. The molecular weight excluding hydrogens is 425 g/mol. The smallest absolute Gasteiger partial charge is 0.232 e. The summed E-state index contributed by atoms with van der Waals surface area (Å²) in [6.07, 6.45) is 4.39. The van der Waals surface area contributed by atoms with Crippen molar-refractivity contribution in [3.63, 3.8) is 0 Å². The maximum absolute atomic E-state index is 13.4. The zero-order chi connectivity index (χ0) is 21.0. The highest BCUT2D eigenvalue weighted by molar-refractivity contribution is 7.80. The molecule has 1 aliphatic heterocycles. The Labute approximate surface area is 186 Å². The number of benzene rings is 1. The minimum Gasteiger partial charge on any atom is -0.378 e. The van der Waals surface area contributed by atoms with Crippen molar-refractivity contribution >= 4 is 40.7 Å². The largest absolute Gasteiger partial charge is 0.378 e. The number of aromatic nitrogens is 2. The van der Waals surface area contributed by atoms with E-state index in [2.05, 4.69) is 25.5 Å². The molecule has 0 radical (unpaired) electrons. The molecule has 2 aliphatic rings. The van der Waals surface area contributed by atoms with E-state index < -0.39 is 0 Å². The molecule has 160 valence electrons. The van der Waals surface area contributed by atoms with Crippen LogP contribution in [0.2, 0.25) is 5.15 Å². The lowest BCUT2D eigenvalue weighted by Crippen LogP contribution is -2.41. The number of anilines is 2. The molecule has 1 saturated heterocycles. The lowest BCUT2D eigenvalue weighted by atomic mass is 9.79. The molecule has 4 rings (SSSR count). The Hall–Kier alpha value is -2.03. The van der Waals surface area contributed by atoms with E-state index in [-0.39, 0.29) is 11.2 Å². The van der Waals surface area contributed by atoms with Crippen LogP contribution in [0.3, 0.4) is 0 Å². The normalized spacial score (nSPS) is 18.3. The average Bonchev–Trinajstić information content (AvgIpc) is 3.23. The maximum Gasteiger partial charge on any atom is 0.232 e. The van der Waals surface area contributed by atoms with Crippen molar-refractivity contribution in [3.8, 4) is 0 Å². The van der Waals surface area contributed by atoms with Crippen LogP contribution in [0.5, 0.6) is 0 Å². The standard InChI is InChI=1S/C21H25ClFN5OS/c22-17-13-18(28-9-11-29-12-10-28)26-19(25-17)27-20(30)24-14-21(7-1-2-8-21)15-3-5-16(23)6-4-15/h3-6,13H,1-2,7-12,14H2,(H2,24,25,26,27,30). The Bertz CT molecular complexity index is 885. The Kier molecular flexibility index (Phi) is 6.65. The van der Waals surface area contributed by atoms with Crippen LogP contribution < -0.4 is 15.5 Å². The molecule has 2 N–H and O–H groups in total. The van der Waals surface area contributed by atoms with Gasteiger partial charge in [-0.25, -0.2) is 9.37 Å². The summed E-state index contributed by atoms with van der Waals surface area (Å²) in [5.74, 6) is 0.900. The topological polar surface area (TPSA) is 62.3 Å². The van der Waals surface area contributed by atoms with Gasteiger partial charge in [0.1, 0.15) is 16.8 Å². The molecule has 0 unspecified atom stereocenters. The average molecular weight is 450 g/mol. The molecule has 0 atom stereocenters. The molecule has 0 bridgehead atoms. The van der Waals surface area contributed by atoms with Crippen LogP contribution in [0, 0.1) is 5.82 Å². The number of thiocarbonyl (C=S) groups is 1. The minimum absolute atomic E-state index is 0.0480. The van der Waals surface area contributed by atoms with Gasteiger partial charge in [-0.1, -0.05) is 36.6 Å². The number of hydrogen-bond acceptors (Lipinski definition) is 5. The molecule has 1 aromatic heterocycles. The number of nitrogens with one attached hydrogen (secondary N) is 2. The number of ether oxygens (including phenoxy) is 1. The monoisotopic (exact) mass is 449 g/mol. The van der Waals surface area contributed by atoms with Gasteiger partial charge in [-0.05, 0) is 42.8 Å². The quantitative estimate of drug-likeness (QED) is 0.530. The van der Waals surface area contributed by atoms with Gasteiger partial charge in [0, 0.05) is 31.1 Å².